The molecule has 0 amide bonds. The van der Waals surface area contributed by atoms with Crippen LogP contribution in [0.3, 0.4) is 0 Å². The maximum atomic E-state index is 2.46. The number of rotatable bonds is 8. The first-order chi connectivity index (χ1) is 30.6. The summed E-state index contributed by atoms with van der Waals surface area (Å²) in [6.45, 7) is 4.41. The van der Waals surface area contributed by atoms with Gasteiger partial charge in [0.2, 0.25) is 0 Å². The van der Waals surface area contributed by atoms with Crippen molar-refractivity contribution in [3.8, 4) is 50.2 Å². The first kappa shape index (κ1) is 37.1. The van der Waals surface area contributed by atoms with E-state index in [4.69, 9.17) is 0 Å². The third-order valence-corrected chi connectivity index (χ3v) is 12.4. The Kier molecular flexibility index (Phi) is 9.32. The predicted molar refractivity (Wildman–Crippen MR) is 264 cm³/mol. The average molecular weight is 793 g/mol. The lowest BCUT2D eigenvalue weighted by atomic mass is 9.92. The molecule has 2 nitrogen and oxygen atoms in total. The lowest BCUT2D eigenvalue weighted by Gasteiger charge is -2.28. The molecule has 11 aromatic rings. The second kappa shape index (κ2) is 15.6. The van der Waals surface area contributed by atoms with Crippen molar-refractivity contribution in [3.05, 3.63) is 242 Å². The van der Waals surface area contributed by atoms with Gasteiger partial charge in [0.15, 0.2) is 0 Å². The van der Waals surface area contributed by atoms with Gasteiger partial charge in [0.25, 0.3) is 0 Å². The van der Waals surface area contributed by atoms with Crippen LogP contribution in [0.25, 0.3) is 82.8 Å². The van der Waals surface area contributed by atoms with Gasteiger partial charge in [0.1, 0.15) is 0 Å². The second-order valence-electron chi connectivity index (χ2n) is 16.3. The summed E-state index contributed by atoms with van der Waals surface area (Å²) in [5.41, 5.74) is 19.0. The summed E-state index contributed by atoms with van der Waals surface area (Å²) in [5, 5.41) is 4.82. The molecule has 0 aliphatic heterocycles. The molecule has 294 valence electrons. The van der Waals surface area contributed by atoms with E-state index in [0.29, 0.717) is 0 Å². The van der Waals surface area contributed by atoms with Crippen molar-refractivity contribution in [3.63, 3.8) is 0 Å². The van der Waals surface area contributed by atoms with E-state index < -0.39 is 0 Å². The Labute approximate surface area is 363 Å². The second-order valence-corrected chi connectivity index (χ2v) is 16.3. The number of hydrogen-bond donors (Lipinski definition) is 0. The number of benzene rings is 10. The quantitative estimate of drug-likeness (QED) is 0.149. The zero-order chi connectivity index (χ0) is 41.6. The third kappa shape index (κ3) is 6.63. The Balaban J connectivity index is 1.15. The predicted octanol–water partition coefficient (Wildman–Crippen LogP) is 16.7. The van der Waals surface area contributed by atoms with Crippen LogP contribution in [0.4, 0.5) is 17.1 Å². The Hall–Kier alpha value is -7.94. The first-order valence-corrected chi connectivity index (χ1v) is 21.4. The molecule has 2 heteroatoms. The van der Waals surface area contributed by atoms with E-state index in [1.165, 1.54) is 82.7 Å². The van der Waals surface area contributed by atoms with Crippen molar-refractivity contribution in [1.82, 2.24) is 4.57 Å². The van der Waals surface area contributed by atoms with Crippen molar-refractivity contribution in [2.75, 3.05) is 4.90 Å². The number of anilines is 3. The number of fused-ring (bicyclic) bond motifs is 4. The van der Waals surface area contributed by atoms with Crippen molar-refractivity contribution < 1.29 is 0 Å². The minimum Gasteiger partial charge on any atom is -0.310 e. The molecule has 1 aromatic heterocycles. The van der Waals surface area contributed by atoms with Crippen LogP contribution in [0.5, 0.6) is 0 Å². The van der Waals surface area contributed by atoms with Crippen LogP contribution >= 0.6 is 0 Å². The summed E-state index contributed by atoms with van der Waals surface area (Å²) in [5.74, 6) is 0. The van der Waals surface area contributed by atoms with E-state index in [-0.39, 0.29) is 0 Å². The van der Waals surface area contributed by atoms with Crippen LogP contribution in [0.1, 0.15) is 11.1 Å². The van der Waals surface area contributed by atoms with Crippen LogP contribution < -0.4 is 4.90 Å². The molecule has 0 N–H and O–H groups in total. The van der Waals surface area contributed by atoms with Crippen molar-refractivity contribution in [2.24, 2.45) is 0 Å². The highest BCUT2D eigenvalue weighted by atomic mass is 15.1. The molecule has 0 atom stereocenters. The highest BCUT2D eigenvalue weighted by molar-refractivity contribution is 6.12. The number of hydrogen-bond acceptors (Lipinski definition) is 1. The maximum absolute atomic E-state index is 2.46. The maximum Gasteiger partial charge on any atom is 0.0561 e. The fraction of sp³-hybridized carbons (Fsp3) is 0.0333. The smallest absolute Gasteiger partial charge is 0.0561 e. The van der Waals surface area contributed by atoms with Crippen LogP contribution in [0.15, 0.2) is 231 Å². The van der Waals surface area contributed by atoms with E-state index >= 15 is 0 Å². The fourth-order valence-electron chi connectivity index (χ4n) is 9.32. The molecule has 0 fully saturated rings. The van der Waals surface area contributed by atoms with Gasteiger partial charge in [-0.25, -0.2) is 0 Å². The largest absolute Gasteiger partial charge is 0.310 e. The number of nitrogens with zero attached hydrogens (tertiary/aromatic N) is 2. The molecule has 0 aliphatic rings. The molecule has 11 rings (SSSR count). The van der Waals surface area contributed by atoms with Gasteiger partial charge >= 0.3 is 0 Å². The van der Waals surface area contributed by atoms with E-state index in [1.54, 1.807) is 0 Å². The molecule has 0 aliphatic carbocycles. The Morgan fingerprint density at radius 1 is 0.323 bits per heavy atom. The number of para-hydroxylation sites is 1. The van der Waals surface area contributed by atoms with Gasteiger partial charge in [0.05, 0.1) is 16.7 Å². The minimum atomic E-state index is 1.08. The van der Waals surface area contributed by atoms with Gasteiger partial charge in [-0.15, -0.1) is 0 Å². The molecule has 1 heterocycles. The van der Waals surface area contributed by atoms with Crippen molar-refractivity contribution >= 4 is 49.6 Å². The first-order valence-electron chi connectivity index (χ1n) is 21.4. The normalized spacial score (nSPS) is 11.4. The molecule has 0 spiro atoms. The summed E-state index contributed by atoms with van der Waals surface area (Å²) in [6.07, 6.45) is 0. The SMILES string of the molecule is Cc1ccccc1-c1cc(-c2ccc3c(c2)c2ccc(N(c4cc(-c5ccccc5)cc(-c5ccccc5)c4)c4cccc5ccccc45)cc2n3-c2ccccc2)ccc1C. The number of aromatic nitrogens is 1. The van der Waals surface area contributed by atoms with Gasteiger partial charge in [-0.2, -0.15) is 0 Å². The molecule has 0 radical (unpaired) electrons. The van der Waals surface area contributed by atoms with Gasteiger partial charge in [-0.05, 0) is 142 Å². The molecule has 0 bridgehead atoms. The van der Waals surface area contributed by atoms with E-state index in [0.717, 1.165) is 28.3 Å². The molecular formula is C60H44N2. The van der Waals surface area contributed by atoms with Crippen LogP contribution in [0.2, 0.25) is 0 Å². The van der Waals surface area contributed by atoms with Crippen LogP contribution in [-0.2, 0) is 0 Å². The average Bonchev–Trinajstić information content (AvgIpc) is 3.66. The Morgan fingerprint density at radius 2 is 0.935 bits per heavy atom. The fourth-order valence-corrected chi connectivity index (χ4v) is 9.32. The van der Waals surface area contributed by atoms with Crippen LogP contribution in [-0.4, -0.2) is 4.57 Å². The Bertz CT molecular complexity index is 3350. The van der Waals surface area contributed by atoms with E-state index in [2.05, 4.69) is 254 Å². The lowest BCUT2D eigenvalue weighted by Crippen LogP contribution is -2.11. The van der Waals surface area contributed by atoms with Gasteiger partial charge in [-0.3, -0.25) is 0 Å². The standard InChI is InChI=1S/C60H44N2/c1-41-17-12-14-26-53(41)56-38-46(30-29-42(56)2)47-31-34-59-57(39-47)55-33-32-51(40-60(55)62(59)50-24-10-5-11-25-50)61(58-28-16-23-45-22-13-15-27-54(45)58)52-36-48(43-18-6-3-7-19-43)35-49(37-52)44-20-8-4-9-21-44/h3-40H,1-2H3. The summed E-state index contributed by atoms with van der Waals surface area (Å²) < 4.78 is 2.43. The molecule has 0 unspecified atom stereocenters. The molecule has 62 heavy (non-hydrogen) atoms. The molecule has 0 saturated heterocycles. The van der Waals surface area contributed by atoms with E-state index in [9.17, 15) is 0 Å². The third-order valence-electron chi connectivity index (χ3n) is 12.4. The monoisotopic (exact) mass is 792 g/mol. The summed E-state index contributed by atoms with van der Waals surface area (Å²) in [6, 6.07) is 84.2. The highest BCUT2D eigenvalue weighted by Gasteiger charge is 2.21. The van der Waals surface area contributed by atoms with Gasteiger partial charge < -0.3 is 9.47 Å². The topological polar surface area (TPSA) is 8.17 Å². The molecule has 0 saturated carbocycles. The van der Waals surface area contributed by atoms with Gasteiger partial charge in [-0.1, -0.05) is 164 Å². The Morgan fingerprint density at radius 3 is 1.68 bits per heavy atom. The lowest BCUT2D eigenvalue weighted by molar-refractivity contribution is 1.18. The number of aryl methyl sites for hydroxylation is 2. The summed E-state index contributed by atoms with van der Waals surface area (Å²) >= 11 is 0. The minimum absolute atomic E-state index is 1.08. The summed E-state index contributed by atoms with van der Waals surface area (Å²) in [7, 11) is 0. The molecular weight excluding hydrogens is 749 g/mol. The zero-order valence-corrected chi connectivity index (χ0v) is 34.8. The van der Waals surface area contributed by atoms with Gasteiger partial charge in [0, 0.05) is 33.2 Å². The van der Waals surface area contributed by atoms with Crippen molar-refractivity contribution in [2.45, 2.75) is 13.8 Å². The summed E-state index contributed by atoms with van der Waals surface area (Å²) in [4.78, 5) is 2.46. The van der Waals surface area contributed by atoms with E-state index in [1.807, 2.05) is 0 Å². The highest BCUT2D eigenvalue weighted by Crippen LogP contribution is 2.45. The zero-order valence-electron chi connectivity index (χ0n) is 34.8. The van der Waals surface area contributed by atoms with Crippen molar-refractivity contribution in [1.29, 1.82) is 0 Å². The molecule has 10 aromatic carbocycles. The van der Waals surface area contributed by atoms with Crippen LogP contribution in [0, 0.1) is 13.8 Å².